The third kappa shape index (κ3) is 5.23. The van der Waals surface area contributed by atoms with E-state index in [1.807, 2.05) is 17.0 Å². The van der Waals surface area contributed by atoms with E-state index < -0.39 is 0 Å². The summed E-state index contributed by atoms with van der Waals surface area (Å²) in [4.78, 5) is 27.3. The summed E-state index contributed by atoms with van der Waals surface area (Å²) in [6.07, 6.45) is 0.190. The highest BCUT2D eigenvalue weighted by atomic mass is 16.6. The second-order valence-corrected chi connectivity index (χ2v) is 5.92. The molecule has 1 fully saturated rings. The third-order valence-corrected chi connectivity index (χ3v) is 4.25. The number of benzene rings is 1. The summed E-state index contributed by atoms with van der Waals surface area (Å²) in [7, 11) is 0. The van der Waals surface area contributed by atoms with Crippen LogP contribution >= 0.6 is 0 Å². The van der Waals surface area contributed by atoms with Crippen molar-refractivity contribution in [2.24, 2.45) is 0 Å². The first kappa shape index (κ1) is 18.3. The number of ether oxygens (including phenoxy) is 1. The Morgan fingerprint density at radius 1 is 1.12 bits per heavy atom. The lowest BCUT2D eigenvalue weighted by Crippen LogP contribution is -2.51. The molecule has 0 aliphatic carbocycles. The van der Waals surface area contributed by atoms with Gasteiger partial charge >= 0.3 is 6.09 Å². The molecule has 1 aliphatic rings. The molecule has 0 unspecified atom stereocenters. The number of carbonyl (C=O) groups is 2. The van der Waals surface area contributed by atoms with Gasteiger partial charge in [-0.15, -0.1) is 0 Å². The van der Waals surface area contributed by atoms with Gasteiger partial charge < -0.3 is 19.9 Å². The fraction of sp³-hybridized carbons (Fsp3) is 0.556. The zero-order valence-electron chi connectivity index (χ0n) is 14.6. The monoisotopic (exact) mass is 333 g/mol. The minimum Gasteiger partial charge on any atom is -0.450 e. The van der Waals surface area contributed by atoms with E-state index in [2.05, 4.69) is 24.4 Å². The van der Waals surface area contributed by atoms with E-state index in [0.717, 1.165) is 6.54 Å². The van der Waals surface area contributed by atoms with E-state index in [1.165, 1.54) is 11.1 Å². The normalized spacial score (nSPS) is 14.6. The summed E-state index contributed by atoms with van der Waals surface area (Å²) in [6, 6.07) is 8.24. The Morgan fingerprint density at radius 2 is 1.79 bits per heavy atom. The first-order valence-electron chi connectivity index (χ1n) is 8.56. The van der Waals surface area contributed by atoms with Crippen LogP contribution in [0.1, 0.15) is 24.5 Å². The van der Waals surface area contributed by atoms with Crippen molar-refractivity contribution in [2.75, 3.05) is 39.3 Å². The first-order valence-corrected chi connectivity index (χ1v) is 8.56. The molecule has 24 heavy (non-hydrogen) atoms. The molecule has 1 aliphatic heterocycles. The summed E-state index contributed by atoms with van der Waals surface area (Å²) in [5, 5.41) is 3.32. The maximum absolute atomic E-state index is 12.2. The van der Waals surface area contributed by atoms with E-state index >= 15 is 0 Å². The average molecular weight is 333 g/mol. The Balaban J connectivity index is 1.65. The number of hydrogen-bond donors (Lipinski definition) is 1. The first-order chi connectivity index (χ1) is 11.6. The molecule has 1 aromatic carbocycles. The predicted molar refractivity (Wildman–Crippen MR) is 92.7 cm³/mol. The van der Waals surface area contributed by atoms with Gasteiger partial charge in [-0.3, -0.25) is 4.79 Å². The van der Waals surface area contributed by atoms with Crippen molar-refractivity contribution in [3.05, 3.63) is 35.4 Å². The van der Waals surface area contributed by atoms with Crippen LogP contribution in [0.2, 0.25) is 0 Å². The fourth-order valence-electron chi connectivity index (χ4n) is 2.74. The smallest absolute Gasteiger partial charge is 0.409 e. The number of amides is 2. The summed E-state index contributed by atoms with van der Waals surface area (Å²) in [5.41, 5.74) is 2.51. The SMILES string of the molecule is CCOC(=O)N1CCN(C(=O)CCNCc2ccccc2C)CC1. The highest BCUT2D eigenvalue weighted by Crippen LogP contribution is 2.07. The molecule has 2 rings (SSSR count). The second-order valence-electron chi connectivity index (χ2n) is 5.92. The maximum atomic E-state index is 12.2. The van der Waals surface area contributed by atoms with Gasteiger partial charge in [-0.25, -0.2) is 4.79 Å². The summed E-state index contributed by atoms with van der Waals surface area (Å²) >= 11 is 0. The molecule has 132 valence electrons. The van der Waals surface area contributed by atoms with Gasteiger partial charge in [0.2, 0.25) is 5.91 Å². The number of piperazine rings is 1. The van der Waals surface area contributed by atoms with Crippen LogP contribution in [0.3, 0.4) is 0 Å². The van der Waals surface area contributed by atoms with Crippen LogP contribution in [0.15, 0.2) is 24.3 Å². The molecule has 0 aromatic heterocycles. The lowest BCUT2D eigenvalue weighted by molar-refractivity contribution is -0.132. The van der Waals surface area contributed by atoms with E-state index in [4.69, 9.17) is 4.74 Å². The van der Waals surface area contributed by atoms with Crippen LogP contribution in [-0.4, -0.2) is 61.1 Å². The third-order valence-electron chi connectivity index (χ3n) is 4.25. The topological polar surface area (TPSA) is 61.9 Å². The van der Waals surface area contributed by atoms with Gasteiger partial charge in [0, 0.05) is 45.7 Å². The standard InChI is InChI=1S/C18H27N3O3/c1-3-24-18(23)21-12-10-20(11-13-21)17(22)8-9-19-14-16-7-5-4-6-15(16)2/h4-7,19H,3,8-14H2,1-2H3. The van der Waals surface area contributed by atoms with Crippen LogP contribution in [0.25, 0.3) is 0 Å². The number of rotatable bonds is 6. The Hall–Kier alpha value is -2.08. The lowest BCUT2D eigenvalue weighted by Gasteiger charge is -2.34. The van der Waals surface area contributed by atoms with Crippen LogP contribution in [-0.2, 0) is 16.1 Å². The molecule has 1 saturated heterocycles. The molecule has 0 radical (unpaired) electrons. The molecule has 0 spiro atoms. The number of carbonyl (C=O) groups excluding carboxylic acids is 2. The van der Waals surface area contributed by atoms with Crippen molar-refractivity contribution in [3.63, 3.8) is 0 Å². The van der Waals surface area contributed by atoms with Gasteiger partial charge in [0.15, 0.2) is 0 Å². The lowest BCUT2D eigenvalue weighted by atomic mass is 10.1. The molecule has 6 heteroatoms. The van der Waals surface area contributed by atoms with Crippen LogP contribution < -0.4 is 5.32 Å². The molecule has 1 heterocycles. The highest BCUT2D eigenvalue weighted by Gasteiger charge is 2.24. The molecule has 6 nitrogen and oxygen atoms in total. The molecule has 0 atom stereocenters. The maximum Gasteiger partial charge on any atom is 0.409 e. The Bertz CT molecular complexity index is 554. The molecular formula is C18H27N3O3. The molecule has 2 amide bonds. The highest BCUT2D eigenvalue weighted by molar-refractivity contribution is 5.77. The van der Waals surface area contributed by atoms with Gasteiger partial charge in [-0.05, 0) is 25.0 Å². The summed E-state index contributed by atoms with van der Waals surface area (Å²) in [6.45, 7) is 7.94. The largest absolute Gasteiger partial charge is 0.450 e. The number of nitrogens with zero attached hydrogens (tertiary/aromatic N) is 2. The van der Waals surface area contributed by atoms with Crippen LogP contribution in [0.5, 0.6) is 0 Å². The van der Waals surface area contributed by atoms with Crippen molar-refractivity contribution in [3.8, 4) is 0 Å². The van der Waals surface area contributed by atoms with Gasteiger partial charge in [0.05, 0.1) is 6.61 Å². The molecule has 1 aromatic rings. The number of hydrogen-bond acceptors (Lipinski definition) is 4. The summed E-state index contributed by atoms with van der Waals surface area (Å²) in [5.74, 6) is 0.135. The van der Waals surface area contributed by atoms with Crippen molar-refractivity contribution < 1.29 is 14.3 Å². The van der Waals surface area contributed by atoms with E-state index in [-0.39, 0.29) is 12.0 Å². The van der Waals surface area contributed by atoms with Crippen molar-refractivity contribution >= 4 is 12.0 Å². The van der Waals surface area contributed by atoms with E-state index in [0.29, 0.717) is 45.8 Å². The second kappa shape index (κ2) is 9.27. The quantitative estimate of drug-likeness (QED) is 0.806. The minimum absolute atomic E-state index is 0.135. The van der Waals surface area contributed by atoms with Gasteiger partial charge in [-0.1, -0.05) is 24.3 Å². The van der Waals surface area contributed by atoms with Crippen molar-refractivity contribution in [1.29, 1.82) is 0 Å². The molecule has 1 N–H and O–H groups in total. The number of nitrogens with one attached hydrogen (secondary N) is 1. The van der Waals surface area contributed by atoms with E-state index in [1.54, 1.807) is 11.8 Å². The van der Waals surface area contributed by atoms with Crippen LogP contribution in [0, 0.1) is 6.92 Å². The van der Waals surface area contributed by atoms with Crippen LogP contribution in [0.4, 0.5) is 4.79 Å². The zero-order chi connectivity index (χ0) is 17.4. The van der Waals surface area contributed by atoms with Gasteiger partial charge in [0.1, 0.15) is 0 Å². The molecular weight excluding hydrogens is 306 g/mol. The predicted octanol–water partition coefficient (Wildman–Crippen LogP) is 1.78. The fourth-order valence-corrected chi connectivity index (χ4v) is 2.74. The Labute approximate surface area is 143 Å². The van der Waals surface area contributed by atoms with E-state index in [9.17, 15) is 9.59 Å². The summed E-state index contributed by atoms with van der Waals surface area (Å²) < 4.78 is 4.98. The van der Waals surface area contributed by atoms with Crippen molar-refractivity contribution in [2.45, 2.75) is 26.8 Å². The van der Waals surface area contributed by atoms with Crippen molar-refractivity contribution in [1.82, 2.24) is 15.1 Å². The Kier molecular flexibility index (Phi) is 7.06. The molecule has 0 saturated carbocycles. The average Bonchev–Trinajstić information content (AvgIpc) is 2.60. The van der Waals surface area contributed by atoms with Gasteiger partial charge in [0.25, 0.3) is 0 Å². The number of aryl methyl sites for hydroxylation is 1. The zero-order valence-corrected chi connectivity index (χ0v) is 14.6. The molecule has 0 bridgehead atoms. The Morgan fingerprint density at radius 3 is 2.46 bits per heavy atom. The van der Waals surface area contributed by atoms with Gasteiger partial charge in [-0.2, -0.15) is 0 Å². The minimum atomic E-state index is -0.288.